The van der Waals surface area contributed by atoms with Gasteiger partial charge < -0.3 is 9.64 Å². The Labute approximate surface area is 152 Å². The maximum atomic E-state index is 12.6. The monoisotopic (exact) mass is 385 g/mol. The maximum Gasteiger partial charge on any atom is 0.422 e. The van der Waals surface area contributed by atoms with Crippen LogP contribution in [0.25, 0.3) is 0 Å². The van der Waals surface area contributed by atoms with Crippen molar-refractivity contribution in [2.75, 3.05) is 6.61 Å². The lowest BCUT2D eigenvalue weighted by molar-refractivity contribution is -0.154. The number of pyridine rings is 2. The number of hydrogen-bond donors (Lipinski definition) is 0. The summed E-state index contributed by atoms with van der Waals surface area (Å²) >= 11 is 6.10. The van der Waals surface area contributed by atoms with Crippen LogP contribution in [0, 0.1) is 6.92 Å². The van der Waals surface area contributed by atoms with Gasteiger partial charge in [-0.25, -0.2) is 9.97 Å². The molecular weight excluding hydrogens is 371 g/mol. The number of aromatic nitrogens is 2. The highest BCUT2D eigenvalue weighted by molar-refractivity contribution is 6.31. The van der Waals surface area contributed by atoms with E-state index in [0.717, 1.165) is 0 Å². The van der Waals surface area contributed by atoms with Crippen molar-refractivity contribution >= 4 is 17.5 Å². The molecule has 0 bridgehead atoms. The lowest BCUT2D eigenvalue weighted by Gasteiger charge is -2.22. The Kier molecular flexibility index (Phi) is 4.79. The number of halogens is 4. The average molecular weight is 386 g/mol. The highest BCUT2D eigenvalue weighted by atomic mass is 35.5. The van der Waals surface area contributed by atoms with Crippen LogP contribution in [0.3, 0.4) is 0 Å². The quantitative estimate of drug-likeness (QED) is 0.744. The van der Waals surface area contributed by atoms with Crippen molar-refractivity contribution in [2.45, 2.75) is 32.6 Å². The summed E-state index contributed by atoms with van der Waals surface area (Å²) in [7, 11) is 0. The van der Waals surface area contributed by atoms with E-state index in [1.165, 1.54) is 12.4 Å². The summed E-state index contributed by atoms with van der Waals surface area (Å²) in [5.74, 6) is -0.255. The molecule has 1 amide bonds. The van der Waals surface area contributed by atoms with Gasteiger partial charge in [0, 0.05) is 35.6 Å². The highest BCUT2D eigenvalue weighted by Gasteiger charge is 2.36. The average Bonchev–Trinajstić information content (AvgIpc) is 2.79. The molecule has 3 heterocycles. The molecule has 0 aliphatic carbocycles. The Morgan fingerprint density at radius 2 is 2.08 bits per heavy atom. The Bertz CT molecular complexity index is 858. The molecule has 0 saturated carbocycles. The molecule has 5 nitrogen and oxygen atoms in total. The van der Waals surface area contributed by atoms with Crippen molar-refractivity contribution in [3.8, 4) is 5.88 Å². The van der Waals surface area contributed by atoms with Gasteiger partial charge in [-0.15, -0.1) is 0 Å². The lowest BCUT2D eigenvalue weighted by atomic mass is 10.1. The van der Waals surface area contributed by atoms with E-state index >= 15 is 0 Å². The van der Waals surface area contributed by atoms with Gasteiger partial charge in [0.25, 0.3) is 5.91 Å². The molecule has 26 heavy (non-hydrogen) atoms. The van der Waals surface area contributed by atoms with Crippen LogP contribution in [0.5, 0.6) is 5.88 Å². The van der Waals surface area contributed by atoms with Crippen LogP contribution in [-0.4, -0.2) is 33.6 Å². The Morgan fingerprint density at radius 3 is 2.69 bits per heavy atom. The zero-order chi connectivity index (χ0) is 19.1. The third-order valence-electron chi connectivity index (χ3n) is 4.13. The second-order valence-electron chi connectivity index (χ2n) is 6.04. The van der Waals surface area contributed by atoms with Crippen LogP contribution in [0.1, 0.15) is 40.0 Å². The normalized spacial score (nSPS) is 16.8. The van der Waals surface area contributed by atoms with Crippen molar-refractivity contribution in [2.24, 2.45) is 0 Å². The van der Waals surface area contributed by atoms with Gasteiger partial charge in [-0.2, -0.15) is 13.2 Å². The van der Waals surface area contributed by atoms with E-state index < -0.39 is 12.8 Å². The van der Waals surface area contributed by atoms with Crippen LogP contribution >= 0.6 is 11.6 Å². The standard InChI is InChI=1S/C17H15ClF3N3O2/c1-9-5-11(6-23-15(9)26-8-17(19,20)21)7-24-10(2)13-12(16(24)25)3-4-22-14(13)18/h3-6,10H,7-8H2,1-2H3. The second kappa shape index (κ2) is 6.75. The predicted molar refractivity (Wildman–Crippen MR) is 88.1 cm³/mol. The van der Waals surface area contributed by atoms with Crippen molar-refractivity contribution in [3.05, 3.63) is 51.9 Å². The first kappa shape index (κ1) is 18.4. The van der Waals surface area contributed by atoms with Crippen LogP contribution in [0.15, 0.2) is 24.5 Å². The van der Waals surface area contributed by atoms with Gasteiger partial charge in [0.05, 0.1) is 6.04 Å². The molecule has 138 valence electrons. The fraction of sp³-hybridized carbons (Fsp3) is 0.353. The van der Waals surface area contributed by atoms with E-state index in [1.54, 1.807) is 24.0 Å². The molecule has 9 heteroatoms. The minimum Gasteiger partial charge on any atom is -0.468 e. The Balaban J connectivity index is 1.77. The summed E-state index contributed by atoms with van der Waals surface area (Å²) in [5, 5.41) is 0.288. The molecule has 1 unspecified atom stereocenters. The van der Waals surface area contributed by atoms with E-state index in [-0.39, 0.29) is 29.5 Å². The van der Waals surface area contributed by atoms with Gasteiger partial charge in [-0.05, 0) is 31.5 Å². The largest absolute Gasteiger partial charge is 0.468 e. The Morgan fingerprint density at radius 1 is 1.35 bits per heavy atom. The first-order valence-corrected chi connectivity index (χ1v) is 8.15. The summed E-state index contributed by atoms with van der Waals surface area (Å²) in [6.45, 7) is 2.30. The number of amides is 1. The molecule has 0 fully saturated rings. The van der Waals surface area contributed by atoms with Crippen molar-refractivity contribution in [3.63, 3.8) is 0 Å². The van der Waals surface area contributed by atoms with Gasteiger partial charge in [-0.3, -0.25) is 4.79 Å². The lowest BCUT2D eigenvalue weighted by Crippen LogP contribution is -2.26. The van der Waals surface area contributed by atoms with E-state index in [4.69, 9.17) is 16.3 Å². The summed E-state index contributed by atoms with van der Waals surface area (Å²) < 4.78 is 41.5. The molecule has 0 N–H and O–H groups in total. The molecule has 3 rings (SSSR count). The van der Waals surface area contributed by atoms with E-state index in [9.17, 15) is 18.0 Å². The molecule has 0 saturated heterocycles. The highest BCUT2D eigenvalue weighted by Crippen LogP contribution is 2.37. The molecule has 0 radical (unpaired) electrons. The predicted octanol–water partition coefficient (Wildman–Crippen LogP) is 4.10. The number of nitrogens with zero attached hydrogens (tertiary/aromatic N) is 3. The third-order valence-corrected chi connectivity index (χ3v) is 4.43. The van der Waals surface area contributed by atoms with Crippen LogP contribution < -0.4 is 4.74 Å². The first-order valence-electron chi connectivity index (χ1n) is 7.78. The van der Waals surface area contributed by atoms with E-state index in [2.05, 4.69) is 9.97 Å². The van der Waals surface area contributed by atoms with E-state index in [1.807, 2.05) is 6.92 Å². The number of hydrogen-bond acceptors (Lipinski definition) is 4. The van der Waals surface area contributed by atoms with Gasteiger partial charge in [0.2, 0.25) is 5.88 Å². The van der Waals surface area contributed by atoms with Crippen LogP contribution in [0.2, 0.25) is 5.15 Å². The molecule has 2 aromatic heterocycles. The van der Waals surface area contributed by atoms with Gasteiger partial charge in [0.15, 0.2) is 6.61 Å². The fourth-order valence-electron chi connectivity index (χ4n) is 2.93. The summed E-state index contributed by atoms with van der Waals surface area (Å²) in [6, 6.07) is 3.01. The van der Waals surface area contributed by atoms with Crippen LogP contribution in [-0.2, 0) is 6.54 Å². The van der Waals surface area contributed by atoms with Crippen LogP contribution in [0.4, 0.5) is 13.2 Å². The number of alkyl halides is 3. The van der Waals surface area contributed by atoms with Crippen molar-refractivity contribution in [1.82, 2.24) is 14.9 Å². The van der Waals surface area contributed by atoms with Crippen molar-refractivity contribution in [1.29, 1.82) is 0 Å². The number of carbonyl (C=O) groups is 1. The number of aryl methyl sites for hydroxylation is 1. The molecule has 0 spiro atoms. The number of fused-ring (bicyclic) bond motifs is 1. The number of carbonyl (C=O) groups excluding carboxylic acids is 1. The minimum atomic E-state index is -4.43. The third kappa shape index (κ3) is 3.60. The molecular formula is C17H15ClF3N3O2. The number of ether oxygens (including phenoxy) is 1. The molecule has 1 aliphatic heterocycles. The molecule has 0 aromatic carbocycles. The Hall–Kier alpha value is -2.35. The van der Waals surface area contributed by atoms with Gasteiger partial charge in [0.1, 0.15) is 5.15 Å². The summed E-state index contributed by atoms with van der Waals surface area (Å²) in [4.78, 5) is 22.2. The van der Waals surface area contributed by atoms with Gasteiger partial charge in [-0.1, -0.05) is 11.6 Å². The second-order valence-corrected chi connectivity index (χ2v) is 6.40. The van der Waals surface area contributed by atoms with E-state index in [0.29, 0.717) is 22.3 Å². The van der Waals surface area contributed by atoms with Gasteiger partial charge >= 0.3 is 6.18 Å². The zero-order valence-electron chi connectivity index (χ0n) is 14.0. The molecule has 1 aliphatic rings. The zero-order valence-corrected chi connectivity index (χ0v) is 14.7. The molecule has 2 aromatic rings. The minimum absolute atomic E-state index is 0.0811. The van der Waals surface area contributed by atoms with Crippen molar-refractivity contribution < 1.29 is 22.7 Å². The SMILES string of the molecule is Cc1cc(CN2C(=O)c3ccnc(Cl)c3C2C)cnc1OCC(F)(F)F. The maximum absolute atomic E-state index is 12.6. The first-order chi connectivity index (χ1) is 12.2. The molecule has 1 atom stereocenters. The fourth-order valence-corrected chi connectivity index (χ4v) is 3.25. The summed E-state index contributed by atoms with van der Waals surface area (Å²) in [6.07, 6.45) is -1.54. The smallest absolute Gasteiger partial charge is 0.422 e. The summed E-state index contributed by atoms with van der Waals surface area (Å²) in [5.41, 5.74) is 2.32. The topological polar surface area (TPSA) is 55.3 Å². The number of rotatable bonds is 4.